The van der Waals surface area contributed by atoms with Crippen molar-refractivity contribution >= 4 is 23.3 Å². The number of phenols is 1. The van der Waals surface area contributed by atoms with E-state index in [1.807, 2.05) is 27.7 Å². The first-order valence-corrected chi connectivity index (χ1v) is 9.92. The van der Waals surface area contributed by atoms with Gasteiger partial charge < -0.3 is 10.4 Å². The summed E-state index contributed by atoms with van der Waals surface area (Å²) >= 11 is 0. The molecule has 0 aromatic heterocycles. The van der Waals surface area contributed by atoms with Gasteiger partial charge in [0.1, 0.15) is 11.6 Å². The molecule has 0 atom stereocenters. The number of aliphatic imine (C=N–C) groups is 2. The smallest absolute Gasteiger partial charge is 0.258 e. The van der Waals surface area contributed by atoms with E-state index in [-0.39, 0.29) is 35.3 Å². The zero-order chi connectivity index (χ0) is 22.3. The molecule has 3 N–H and O–H groups in total. The van der Waals surface area contributed by atoms with Crippen LogP contribution in [0.5, 0.6) is 5.75 Å². The number of amides is 1. The van der Waals surface area contributed by atoms with Crippen LogP contribution in [0.4, 0.5) is 10.1 Å². The Morgan fingerprint density at radius 3 is 2.33 bits per heavy atom. The minimum atomic E-state index is -0.377. The van der Waals surface area contributed by atoms with Crippen LogP contribution in [0.25, 0.3) is 0 Å². The summed E-state index contributed by atoms with van der Waals surface area (Å²) in [6.45, 7) is 8.49. The Bertz CT molecular complexity index is 935. The first kappa shape index (κ1) is 23.1. The van der Waals surface area contributed by atoms with Crippen molar-refractivity contribution in [3.05, 3.63) is 59.4 Å². The number of carbonyl (C=O) groups is 1. The van der Waals surface area contributed by atoms with E-state index in [0.717, 1.165) is 5.56 Å². The fourth-order valence-corrected chi connectivity index (χ4v) is 2.72. The summed E-state index contributed by atoms with van der Waals surface area (Å²) < 4.78 is 13.7. The molecule has 0 unspecified atom stereocenters. The van der Waals surface area contributed by atoms with Gasteiger partial charge in [-0.15, -0.1) is 0 Å². The van der Waals surface area contributed by atoms with Crippen LogP contribution in [0.1, 0.15) is 43.6 Å². The van der Waals surface area contributed by atoms with Crippen molar-refractivity contribution in [3.8, 4) is 5.75 Å². The summed E-state index contributed by atoms with van der Waals surface area (Å²) in [5.41, 5.74) is 2.40. The second-order valence-corrected chi connectivity index (χ2v) is 7.65. The quantitative estimate of drug-likeness (QED) is 0.484. The lowest BCUT2D eigenvalue weighted by molar-refractivity contribution is 0.0976. The van der Waals surface area contributed by atoms with Crippen LogP contribution in [0, 0.1) is 17.7 Å². The van der Waals surface area contributed by atoms with Crippen molar-refractivity contribution in [1.82, 2.24) is 5.32 Å². The van der Waals surface area contributed by atoms with Gasteiger partial charge in [0, 0.05) is 30.4 Å². The number of rotatable bonds is 6. The minimum absolute atomic E-state index is 0.00242. The number of nitrogens with one attached hydrogen (secondary N) is 2. The fraction of sp³-hybridized carbons (Fsp3) is 0.348. The number of halogens is 1. The van der Waals surface area contributed by atoms with Crippen LogP contribution < -0.4 is 10.6 Å². The molecular weight excluding hydrogens is 383 g/mol. The van der Waals surface area contributed by atoms with Gasteiger partial charge in [-0.3, -0.25) is 15.1 Å². The number of nitrogens with zero attached hydrogens (tertiary/aromatic N) is 2. The lowest BCUT2D eigenvalue weighted by Gasteiger charge is -2.16. The third-order valence-corrected chi connectivity index (χ3v) is 4.26. The number of aromatic hydroxyl groups is 1. The topological polar surface area (TPSA) is 86.1 Å². The molecule has 0 aliphatic carbocycles. The highest BCUT2D eigenvalue weighted by molar-refractivity contribution is 6.14. The van der Waals surface area contributed by atoms with E-state index in [1.54, 1.807) is 13.1 Å². The first-order valence-electron chi connectivity index (χ1n) is 9.92. The van der Waals surface area contributed by atoms with Gasteiger partial charge in [0.05, 0.1) is 5.71 Å². The van der Waals surface area contributed by atoms with E-state index < -0.39 is 0 Å². The van der Waals surface area contributed by atoms with E-state index in [9.17, 15) is 14.3 Å². The Labute approximate surface area is 177 Å². The molecular formula is C23H29FN4O2. The van der Waals surface area contributed by atoms with Gasteiger partial charge in [-0.25, -0.2) is 9.38 Å². The highest BCUT2D eigenvalue weighted by Crippen LogP contribution is 2.21. The molecule has 6 nitrogen and oxygen atoms in total. The van der Waals surface area contributed by atoms with E-state index in [1.165, 1.54) is 36.4 Å². The van der Waals surface area contributed by atoms with Crippen LogP contribution >= 0.6 is 0 Å². The summed E-state index contributed by atoms with van der Waals surface area (Å²) in [4.78, 5) is 21.8. The summed E-state index contributed by atoms with van der Waals surface area (Å²) in [5, 5.41) is 15.2. The van der Waals surface area contributed by atoms with Crippen molar-refractivity contribution in [2.45, 2.75) is 27.7 Å². The third-order valence-electron chi connectivity index (χ3n) is 4.26. The molecule has 0 aliphatic heterocycles. The van der Waals surface area contributed by atoms with Gasteiger partial charge in [0.15, 0.2) is 0 Å². The monoisotopic (exact) mass is 412 g/mol. The van der Waals surface area contributed by atoms with Crippen LogP contribution in [-0.4, -0.2) is 36.3 Å². The van der Waals surface area contributed by atoms with Gasteiger partial charge in [0.2, 0.25) is 5.96 Å². The maximum Gasteiger partial charge on any atom is 0.258 e. The van der Waals surface area contributed by atoms with Gasteiger partial charge in [-0.05, 0) is 54.3 Å². The van der Waals surface area contributed by atoms with Crippen molar-refractivity contribution in [1.29, 1.82) is 0 Å². The number of guanidine groups is 1. The number of carbonyl (C=O) groups excluding carboxylic acids is 1. The van der Waals surface area contributed by atoms with Gasteiger partial charge in [-0.2, -0.15) is 0 Å². The second-order valence-electron chi connectivity index (χ2n) is 7.65. The van der Waals surface area contributed by atoms with Crippen LogP contribution in [0.3, 0.4) is 0 Å². The summed E-state index contributed by atoms with van der Waals surface area (Å²) in [6.07, 6.45) is 0. The first-order chi connectivity index (χ1) is 14.2. The van der Waals surface area contributed by atoms with Gasteiger partial charge in [0.25, 0.3) is 5.91 Å². The lowest BCUT2D eigenvalue weighted by Crippen LogP contribution is -2.31. The molecule has 0 bridgehead atoms. The van der Waals surface area contributed by atoms with E-state index >= 15 is 0 Å². The van der Waals surface area contributed by atoms with Crippen molar-refractivity contribution in [2.24, 2.45) is 21.8 Å². The Hall–Kier alpha value is -3.22. The van der Waals surface area contributed by atoms with Crippen LogP contribution in [0.2, 0.25) is 0 Å². The standard InChI is InChI=1S/C23H29FN4O2/c1-14(2)13-26-23(28-22(30)16-6-9-18(29)10-7-16)27-21(15(3)4)19-11-8-17(24)12-20(19)25-5/h6-12,14-15,25,29H,13H2,1-5H3,(H,26,28,30). The third kappa shape index (κ3) is 6.40. The molecule has 0 saturated heterocycles. The Balaban J connectivity index is 2.45. The van der Waals surface area contributed by atoms with Gasteiger partial charge in [-0.1, -0.05) is 27.7 Å². The highest BCUT2D eigenvalue weighted by Gasteiger charge is 2.16. The summed E-state index contributed by atoms with van der Waals surface area (Å²) in [7, 11) is 1.72. The molecule has 1 amide bonds. The largest absolute Gasteiger partial charge is 0.508 e. The number of phenolic OH excluding ortho intramolecular Hbond substituents is 1. The summed E-state index contributed by atoms with van der Waals surface area (Å²) in [5.74, 6) is -0.176. The second kappa shape index (κ2) is 10.5. The molecule has 0 heterocycles. The average Bonchev–Trinajstić information content (AvgIpc) is 2.70. The molecule has 0 saturated carbocycles. The van der Waals surface area contributed by atoms with E-state index in [4.69, 9.17) is 0 Å². The molecule has 2 aromatic rings. The Morgan fingerprint density at radius 1 is 1.10 bits per heavy atom. The maximum absolute atomic E-state index is 13.7. The zero-order valence-corrected chi connectivity index (χ0v) is 18.0. The fourth-order valence-electron chi connectivity index (χ4n) is 2.72. The lowest BCUT2D eigenvalue weighted by atomic mass is 9.98. The minimum Gasteiger partial charge on any atom is -0.508 e. The number of hydrogen-bond donors (Lipinski definition) is 3. The normalized spacial score (nSPS) is 12.4. The predicted octanol–water partition coefficient (Wildman–Crippen LogP) is 4.46. The molecule has 0 radical (unpaired) electrons. The highest BCUT2D eigenvalue weighted by atomic mass is 19.1. The van der Waals surface area contributed by atoms with E-state index in [2.05, 4.69) is 20.6 Å². The molecule has 160 valence electrons. The Kier molecular flexibility index (Phi) is 8.09. The molecule has 2 aromatic carbocycles. The molecule has 0 fully saturated rings. The molecule has 7 heteroatoms. The van der Waals surface area contributed by atoms with Gasteiger partial charge >= 0.3 is 0 Å². The summed E-state index contributed by atoms with van der Waals surface area (Å²) in [6, 6.07) is 10.4. The average molecular weight is 413 g/mol. The molecule has 30 heavy (non-hydrogen) atoms. The van der Waals surface area contributed by atoms with Crippen LogP contribution in [-0.2, 0) is 0 Å². The van der Waals surface area contributed by atoms with Crippen LogP contribution in [0.15, 0.2) is 52.4 Å². The van der Waals surface area contributed by atoms with Crippen molar-refractivity contribution < 1.29 is 14.3 Å². The molecule has 0 aliphatic rings. The predicted molar refractivity (Wildman–Crippen MR) is 120 cm³/mol. The zero-order valence-electron chi connectivity index (χ0n) is 18.0. The number of hydrogen-bond acceptors (Lipinski definition) is 4. The van der Waals surface area contributed by atoms with Crippen molar-refractivity contribution in [2.75, 3.05) is 18.9 Å². The molecule has 0 spiro atoms. The Morgan fingerprint density at radius 2 is 1.77 bits per heavy atom. The molecule has 2 rings (SSSR count). The number of benzene rings is 2. The maximum atomic E-state index is 13.7. The van der Waals surface area contributed by atoms with E-state index in [0.29, 0.717) is 23.5 Å². The number of anilines is 1. The van der Waals surface area contributed by atoms with Crippen molar-refractivity contribution in [3.63, 3.8) is 0 Å². The SMILES string of the molecule is CNc1cc(F)ccc1C(=NC(=NCC(C)C)NC(=O)c1ccc(O)cc1)C(C)C.